The molecule has 1 aliphatic rings. The van der Waals surface area contributed by atoms with Crippen LogP contribution in [0.3, 0.4) is 0 Å². The minimum Gasteiger partial charge on any atom is -0.332 e. The Hall–Kier alpha value is -2.63. The smallest absolute Gasteiger partial charge is 0.314 e. The number of nitrogens with one attached hydrogen (secondary N) is 2. The summed E-state index contributed by atoms with van der Waals surface area (Å²) in [6.07, 6.45) is 6.03. The molecule has 1 aromatic heterocycles. The van der Waals surface area contributed by atoms with Gasteiger partial charge in [-0.2, -0.15) is 0 Å². The number of fused-ring (bicyclic) bond motifs is 1. The van der Waals surface area contributed by atoms with Gasteiger partial charge in [-0.25, -0.2) is 0 Å². The van der Waals surface area contributed by atoms with Crippen LogP contribution in [0, 0.1) is 0 Å². The fraction of sp³-hybridized carbons (Fsp3) is 0.353. The molecule has 0 atom stereocenters. The average Bonchev–Trinajstić information content (AvgIpc) is 3.07. The molecule has 3 rings (SSSR count). The zero-order valence-electron chi connectivity index (χ0n) is 12.8. The van der Waals surface area contributed by atoms with Gasteiger partial charge in [0, 0.05) is 18.2 Å². The zero-order chi connectivity index (χ0) is 16.4. The summed E-state index contributed by atoms with van der Waals surface area (Å²) in [5.41, 5.74) is 0.0262. The Labute approximate surface area is 132 Å². The van der Waals surface area contributed by atoms with Crippen LogP contribution in [0.5, 0.6) is 0 Å². The van der Waals surface area contributed by atoms with Crippen molar-refractivity contribution in [1.82, 2.24) is 14.9 Å². The van der Waals surface area contributed by atoms with Crippen LogP contribution in [0.15, 0.2) is 40.4 Å². The number of carbonyl (C=O) groups is 1. The molecule has 1 amide bonds. The summed E-state index contributed by atoms with van der Waals surface area (Å²) in [5, 5.41) is 0. The van der Waals surface area contributed by atoms with Gasteiger partial charge in [0.1, 0.15) is 0 Å². The number of aromatic amines is 2. The Balaban J connectivity index is 1.98. The van der Waals surface area contributed by atoms with Crippen LogP contribution in [0.1, 0.15) is 36.0 Å². The van der Waals surface area contributed by atoms with Crippen molar-refractivity contribution in [3.8, 4) is 0 Å². The Bertz CT molecular complexity index is 859. The first-order chi connectivity index (χ1) is 11.1. The van der Waals surface area contributed by atoms with Crippen molar-refractivity contribution < 1.29 is 4.79 Å². The first kappa shape index (κ1) is 15.3. The first-order valence-electron chi connectivity index (χ1n) is 7.78. The molecule has 2 N–H and O–H groups in total. The zero-order valence-corrected chi connectivity index (χ0v) is 12.8. The van der Waals surface area contributed by atoms with Gasteiger partial charge in [-0.15, -0.1) is 6.58 Å². The minimum atomic E-state index is -0.721. The molecule has 1 aliphatic carbocycles. The van der Waals surface area contributed by atoms with Gasteiger partial charge in [-0.1, -0.05) is 18.9 Å². The van der Waals surface area contributed by atoms with E-state index in [0.717, 1.165) is 25.7 Å². The summed E-state index contributed by atoms with van der Waals surface area (Å²) in [6.45, 7) is 4.24. The summed E-state index contributed by atoms with van der Waals surface area (Å²) >= 11 is 0. The summed E-state index contributed by atoms with van der Waals surface area (Å²) in [7, 11) is 0. The quantitative estimate of drug-likeness (QED) is 0.666. The van der Waals surface area contributed by atoms with Crippen LogP contribution in [0.4, 0.5) is 0 Å². The Kier molecular flexibility index (Phi) is 4.14. The fourth-order valence-electron chi connectivity index (χ4n) is 3.17. The molecule has 2 aromatic rings. The van der Waals surface area contributed by atoms with E-state index in [1.165, 1.54) is 0 Å². The normalized spacial score (nSPS) is 15.0. The Morgan fingerprint density at radius 1 is 1.17 bits per heavy atom. The van der Waals surface area contributed by atoms with Gasteiger partial charge >= 0.3 is 11.1 Å². The molecule has 0 unspecified atom stereocenters. The highest BCUT2D eigenvalue weighted by molar-refractivity contribution is 5.97. The SMILES string of the molecule is C=CCN(C(=O)c1ccc2[nH]c(=O)c(=O)[nH]c2c1)C1CCCC1. The van der Waals surface area contributed by atoms with Crippen LogP contribution in [-0.4, -0.2) is 33.4 Å². The van der Waals surface area contributed by atoms with E-state index in [-0.39, 0.29) is 11.9 Å². The first-order valence-corrected chi connectivity index (χ1v) is 7.78. The molecular formula is C17H19N3O3. The van der Waals surface area contributed by atoms with Gasteiger partial charge in [-0.3, -0.25) is 14.4 Å². The van der Waals surface area contributed by atoms with Crippen molar-refractivity contribution >= 4 is 16.9 Å². The summed E-state index contributed by atoms with van der Waals surface area (Å²) in [6, 6.07) is 5.16. The number of aromatic nitrogens is 2. The third-order valence-electron chi connectivity index (χ3n) is 4.32. The molecule has 0 spiro atoms. The van der Waals surface area contributed by atoms with Crippen molar-refractivity contribution in [3.63, 3.8) is 0 Å². The van der Waals surface area contributed by atoms with E-state index < -0.39 is 11.1 Å². The van der Waals surface area contributed by atoms with Crippen LogP contribution < -0.4 is 11.1 Å². The van der Waals surface area contributed by atoms with E-state index in [0.29, 0.717) is 23.1 Å². The minimum absolute atomic E-state index is 0.0780. The molecule has 120 valence electrons. The lowest BCUT2D eigenvalue weighted by Gasteiger charge is -2.28. The number of amides is 1. The van der Waals surface area contributed by atoms with Gasteiger partial charge in [-0.05, 0) is 31.0 Å². The second kappa shape index (κ2) is 6.24. The molecule has 1 aromatic carbocycles. The highest BCUT2D eigenvalue weighted by Gasteiger charge is 2.26. The third kappa shape index (κ3) is 2.97. The van der Waals surface area contributed by atoms with E-state index in [9.17, 15) is 14.4 Å². The molecule has 0 saturated heterocycles. The van der Waals surface area contributed by atoms with E-state index in [4.69, 9.17) is 0 Å². The maximum atomic E-state index is 12.8. The summed E-state index contributed by atoms with van der Waals surface area (Å²) in [5.74, 6) is -0.0780. The van der Waals surface area contributed by atoms with Crippen molar-refractivity contribution in [2.24, 2.45) is 0 Å². The van der Waals surface area contributed by atoms with Gasteiger partial charge in [0.25, 0.3) is 5.91 Å². The topological polar surface area (TPSA) is 86.0 Å². The van der Waals surface area contributed by atoms with E-state index in [2.05, 4.69) is 16.5 Å². The maximum Gasteiger partial charge on any atom is 0.314 e. The lowest BCUT2D eigenvalue weighted by molar-refractivity contribution is 0.0706. The fourth-order valence-corrected chi connectivity index (χ4v) is 3.17. The molecule has 1 heterocycles. The Morgan fingerprint density at radius 3 is 2.48 bits per heavy atom. The van der Waals surface area contributed by atoms with Crippen LogP contribution >= 0.6 is 0 Å². The summed E-state index contributed by atoms with van der Waals surface area (Å²) in [4.78, 5) is 42.5. The molecule has 0 aliphatic heterocycles. The second-order valence-corrected chi connectivity index (χ2v) is 5.85. The third-order valence-corrected chi connectivity index (χ3v) is 4.32. The summed E-state index contributed by atoms with van der Waals surface area (Å²) < 4.78 is 0. The predicted molar refractivity (Wildman–Crippen MR) is 88.7 cm³/mol. The monoisotopic (exact) mass is 313 g/mol. The van der Waals surface area contributed by atoms with E-state index in [1.54, 1.807) is 24.3 Å². The number of carbonyl (C=O) groups excluding carboxylic acids is 1. The van der Waals surface area contributed by atoms with Crippen LogP contribution in [0.25, 0.3) is 11.0 Å². The van der Waals surface area contributed by atoms with Gasteiger partial charge in [0.2, 0.25) is 0 Å². The largest absolute Gasteiger partial charge is 0.332 e. The molecule has 0 bridgehead atoms. The lowest BCUT2D eigenvalue weighted by Crippen LogP contribution is -2.39. The van der Waals surface area contributed by atoms with E-state index in [1.807, 2.05) is 4.90 Å². The highest BCUT2D eigenvalue weighted by atomic mass is 16.2. The van der Waals surface area contributed by atoms with Crippen molar-refractivity contribution in [3.05, 3.63) is 57.1 Å². The second-order valence-electron chi connectivity index (χ2n) is 5.85. The molecule has 6 nitrogen and oxygen atoms in total. The van der Waals surface area contributed by atoms with Crippen molar-refractivity contribution in [1.29, 1.82) is 0 Å². The van der Waals surface area contributed by atoms with Crippen LogP contribution in [0.2, 0.25) is 0 Å². The standard InChI is InChI=1S/C17H19N3O3/c1-2-9-20(12-5-3-4-6-12)17(23)11-7-8-13-14(10-11)19-16(22)15(21)18-13/h2,7-8,10,12H,1,3-6,9H2,(H,18,21)(H,19,22). The molecule has 1 saturated carbocycles. The number of hydrogen-bond acceptors (Lipinski definition) is 3. The highest BCUT2D eigenvalue weighted by Crippen LogP contribution is 2.25. The molecule has 6 heteroatoms. The molecule has 23 heavy (non-hydrogen) atoms. The lowest BCUT2D eigenvalue weighted by atomic mass is 10.1. The number of hydrogen-bond donors (Lipinski definition) is 2. The number of benzene rings is 1. The number of nitrogens with zero attached hydrogens (tertiary/aromatic N) is 1. The number of rotatable bonds is 4. The molecule has 0 radical (unpaired) electrons. The van der Waals surface area contributed by atoms with Gasteiger partial charge in [0.05, 0.1) is 11.0 Å². The Morgan fingerprint density at radius 2 is 1.83 bits per heavy atom. The van der Waals surface area contributed by atoms with Crippen molar-refractivity contribution in [2.75, 3.05) is 6.54 Å². The average molecular weight is 313 g/mol. The maximum absolute atomic E-state index is 12.8. The molecule has 1 fully saturated rings. The van der Waals surface area contributed by atoms with E-state index >= 15 is 0 Å². The number of H-pyrrole nitrogens is 2. The van der Waals surface area contributed by atoms with Crippen LogP contribution in [-0.2, 0) is 0 Å². The van der Waals surface area contributed by atoms with Crippen molar-refractivity contribution in [2.45, 2.75) is 31.7 Å². The predicted octanol–water partition coefficient (Wildman–Crippen LogP) is 1.79. The van der Waals surface area contributed by atoms with Gasteiger partial charge in [0.15, 0.2) is 0 Å². The molecular weight excluding hydrogens is 294 g/mol. The van der Waals surface area contributed by atoms with Gasteiger partial charge < -0.3 is 14.9 Å².